The zero-order chi connectivity index (χ0) is 11.1. The molecule has 2 aliphatic rings. The molecular weight excluding hydrogens is 192 g/mol. The summed E-state index contributed by atoms with van der Waals surface area (Å²) in [6.45, 7) is 3.66. The van der Waals surface area contributed by atoms with Gasteiger partial charge in [0.1, 0.15) is 6.42 Å². The van der Waals surface area contributed by atoms with Gasteiger partial charge in [-0.2, -0.15) is 4.99 Å². The van der Waals surface area contributed by atoms with Crippen molar-refractivity contribution < 1.29 is 9.39 Å². The summed E-state index contributed by atoms with van der Waals surface area (Å²) in [5.41, 5.74) is 0.621. The molecule has 0 saturated heterocycles. The third-order valence-electron chi connectivity index (χ3n) is 2.57. The van der Waals surface area contributed by atoms with Gasteiger partial charge in [-0.3, -0.25) is 4.79 Å². The van der Waals surface area contributed by atoms with Gasteiger partial charge in [-0.15, -0.1) is 5.26 Å². The van der Waals surface area contributed by atoms with Gasteiger partial charge in [0.25, 0.3) is 5.84 Å². The molecule has 2 rings (SSSR count). The highest BCUT2D eigenvalue weighted by molar-refractivity contribution is 6.10. The van der Waals surface area contributed by atoms with Gasteiger partial charge in [-0.25, -0.2) is 0 Å². The van der Waals surface area contributed by atoms with Gasteiger partial charge >= 0.3 is 6.19 Å². The average molecular weight is 203 g/mol. The minimum absolute atomic E-state index is 0.0113. The first-order valence-electron chi connectivity index (χ1n) is 4.81. The van der Waals surface area contributed by atoms with Gasteiger partial charge in [0.2, 0.25) is 0 Å². The fraction of sp³-hybridized carbons (Fsp3) is 0.400. The lowest BCUT2D eigenvalue weighted by atomic mass is 10.1. The molecule has 0 amide bonds. The van der Waals surface area contributed by atoms with Crippen molar-refractivity contribution in [2.45, 2.75) is 26.7 Å². The van der Waals surface area contributed by atoms with Crippen molar-refractivity contribution in [3.63, 3.8) is 0 Å². The van der Waals surface area contributed by atoms with Gasteiger partial charge in [-0.05, 0) is 9.69 Å². The van der Waals surface area contributed by atoms with Gasteiger partial charge in [0.05, 0.1) is 0 Å². The van der Waals surface area contributed by atoms with E-state index in [4.69, 9.17) is 0 Å². The Balaban J connectivity index is 2.59. The lowest BCUT2D eigenvalue weighted by Gasteiger charge is -2.21. The van der Waals surface area contributed by atoms with Gasteiger partial charge < -0.3 is 0 Å². The van der Waals surface area contributed by atoms with E-state index < -0.39 is 0 Å². The first-order chi connectivity index (χ1) is 7.12. The van der Waals surface area contributed by atoms with E-state index in [0.29, 0.717) is 23.8 Å². The number of aliphatic imine (C=N–C) groups is 1. The molecule has 5 heteroatoms. The van der Waals surface area contributed by atoms with Crippen LogP contribution in [-0.2, 0) is 4.79 Å². The number of amidine groups is 2. The average Bonchev–Trinajstić information content (AvgIpc) is 2.57. The molecule has 0 saturated carbocycles. The second kappa shape index (κ2) is 3.11. The highest BCUT2D eigenvalue weighted by Gasteiger charge is 2.47. The molecule has 2 heterocycles. The molecule has 0 aliphatic carbocycles. The molecule has 0 aromatic heterocycles. The Hall–Kier alpha value is -1.80. The van der Waals surface area contributed by atoms with Crippen LogP contribution in [0.1, 0.15) is 26.7 Å². The molecule has 15 heavy (non-hydrogen) atoms. The molecule has 0 bridgehead atoms. The third kappa shape index (κ3) is 1.22. The van der Waals surface area contributed by atoms with Crippen LogP contribution >= 0.6 is 0 Å². The number of quaternary nitrogens is 1. The van der Waals surface area contributed by atoms with Crippen LogP contribution in [0.2, 0.25) is 0 Å². The van der Waals surface area contributed by atoms with Crippen molar-refractivity contribution in [3.8, 4) is 6.19 Å². The zero-order valence-corrected chi connectivity index (χ0v) is 8.69. The Morgan fingerprint density at radius 1 is 1.67 bits per heavy atom. The summed E-state index contributed by atoms with van der Waals surface area (Å²) >= 11 is 0. The number of carbonyl (C=O) groups is 1. The van der Waals surface area contributed by atoms with E-state index in [1.165, 1.54) is 6.08 Å². The van der Waals surface area contributed by atoms with Crippen LogP contribution in [0, 0.1) is 11.5 Å². The summed E-state index contributed by atoms with van der Waals surface area (Å²) in [6, 6.07) is 0. The molecule has 2 aliphatic heterocycles. The van der Waals surface area contributed by atoms with Crippen molar-refractivity contribution in [1.29, 1.82) is 5.26 Å². The topological polar surface area (TPSA) is 65.6 Å². The van der Waals surface area contributed by atoms with Crippen molar-refractivity contribution in [1.82, 2.24) is 0 Å². The van der Waals surface area contributed by atoms with Crippen LogP contribution in [0.4, 0.5) is 0 Å². The second-order valence-electron chi connectivity index (χ2n) is 3.56. The maximum atomic E-state index is 11.3. The normalized spacial score (nSPS) is 28.9. The predicted octanol–water partition coefficient (Wildman–Crippen LogP) is 1.30. The quantitative estimate of drug-likeness (QED) is 0.476. The van der Waals surface area contributed by atoms with Crippen molar-refractivity contribution in [2.24, 2.45) is 10.1 Å². The monoisotopic (exact) mass is 203 g/mol. The second-order valence-corrected chi connectivity index (χ2v) is 3.56. The molecule has 1 atom stereocenters. The molecule has 0 N–H and O–H groups in total. The van der Waals surface area contributed by atoms with E-state index >= 15 is 0 Å². The number of hydrogen-bond donors (Lipinski definition) is 0. The molecular formula is C10H11N4O+. The summed E-state index contributed by atoms with van der Waals surface area (Å²) in [5, 5.41) is 13.5. The summed E-state index contributed by atoms with van der Waals surface area (Å²) in [7, 11) is 0. The molecule has 0 spiro atoms. The minimum Gasteiger partial charge on any atom is -0.294 e. The van der Waals surface area contributed by atoms with Crippen molar-refractivity contribution >= 4 is 17.5 Å². The zero-order valence-electron chi connectivity index (χ0n) is 8.69. The molecule has 0 radical (unpaired) electrons. The first-order valence-corrected chi connectivity index (χ1v) is 4.81. The summed E-state index contributed by atoms with van der Waals surface area (Å²) in [4.78, 5) is 15.6. The van der Waals surface area contributed by atoms with Gasteiger partial charge in [-0.1, -0.05) is 6.92 Å². The number of allylic oxidation sites excluding steroid dienone is 2. The summed E-state index contributed by atoms with van der Waals surface area (Å²) < 4.78 is -0.255. The van der Waals surface area contributed by atoms with Crippen molar-refractivity contribution in [3.05, 3.63) is 11.8 Å². The Morgan fingerprint density at radius 3 is 3.00 bits per heavy atom. The van der Waals surface area contributed by atoms with Crippen LogP contribution in [-0.4, -0.2) is 22.0 Å². The first kappa shape index (κ1) is 9.74. The smallest absolute Gasteiger partial charge is 0.294 e. The SMILES string of the molecule is CCC1=N[N+]2(C#N)C(C)=CC(=O)CC2=N1. The highest BCUT2D eigenvalue weighted by atomic mass is 16.1. The molecule has 76 valence electrons. The van der Waals surface area contributed by atoms with E-state index in [2.05, 4.69) is 16.3 Å². The summed E-state index contributed by atoms with van der Waals surface area (Å²) in [6.07, 6.45) is 4.45. The fourth-order valence-electron chi connectivity index (χ4n) is 1.75. The predicted molar refractivity (Wildman–Crippen MR) is 54.4 cm³/mol. The molecule has 0 aromatic carbocycles. The minimum atomic E-state index is -0.255. The number of nitriles is 1. The molecule has 0 fully saturated rings. The fourth-order valence-corrected chi connectivity index (χ4v) is 1.75. The maximum absolute atomic E-state index is 11.3. The van der Waals surface area contributed by atoms with Gasteiger partial charge in [0.15, 0.2) is 17.3 Å². The number of carbonyl (C=O) groups excluding carboxylic acids is 1. The van der Waals surface area contributed by atoms with E-state index in [1.807, 2.05) is 6.92 Å². The van der Waals surface area contributed by atoms with E-state index in [9.17, 15) is 10.1 Å². The standard InChI is InChI=1S/C10H11N4O/c1-3-9-12-10-5-8(15)4-7(2)14(10,6-11)13-9/h4H,3,5H2,1-2H3/q+1. The Bertz CT molecular complexity index is 466. The van der Waals surface area contributed by atoms with Crippen LogP contribution < -0.4 is 0 Å². The van der Waals surface area contributed by atoms with E-state index in [0.717, 1.165) is 0 Å². The van der Waals surface area contributed by atoms with Gasteiger partial charge in [0, 0.05) is 19.4 Å². The number of ketones is 1. The molecule has 0 aromatic rings. The van der Waals surface area contributed by atoms with Crippen LogP contribution in [0.25, 0.3) is 0 Å². The Kier molecular flexibility index (Phi) is 2.02. The Labute approximate surface area is 87.6 Å². The number of rotatable bonds is 1. The largest absolute Gasteiger partial charge is 0.350 e. The number of fused-ring (bicyclic) bond motifs is 1. The van der Waals surface area contributed by atoms with Crippen molar-refractivity contribution in [2.75, 3.05) is 0 Å². The van der Waals surface area contributed by atoms with Crippen LogP contribution in [0.5, 0.6) is 0 Å². The highest BCUT2D eigenvalue weighted by Crippen LogP contribution is 2.29. The maximum Gasteiger partial charge on any atom is 0.350 e. The summed E-state index contributed by atoms with van der Waals surface area (Å²) in [5.74, 6) is 1.15. The molecule has 1 unspecified atom stereocenters. The van der Waals surface area contributed by atoms with Crippen LogP contribution in [0.3, 0.4) is 0 Å². The number of hydrogen-bond acceptors (Lipinski definition) is 4. The molecule has 5 nitrogen and oxygen atoms in total. The van der Waals surface area contributed by atoms with E-state index in [1.54, 1.807) is 6.92 Å². The lowest BCUT2D eigenvalue weighted by Crippen LogP contribution is -2.43. The Morgan fingerprint density at radius 2 is 2.40 bits per heavy atom. The third-order valence-corrected chi connectivity index (χ3v) is 2.57. The number of nitrogens with zero attached hydrogens (tertiary/aromatic N) is 4. The van der Waals surface area contributed by atoms with Crippen LogP contribution in [0.15, 0.2) is 21.9 Å². The van der Waals surface area contributed by atoms with E-state index in [-0.39, 0.29) is 16.8 Å². The lowest BCUT2D eigenvalue weighted by molar-refractivity contribution is -0.737.